The standard InChI is InChI=1S/C13H19N5/c1-5-10-13(14)11(6-2)18(17-10)12-7-8(3)15-9(4)16-12/h7H,5-6,14H2,1-4H3. The van der Waals surface area contributed by atoms with Crippen molar-refractivity contribution < 1.29 is 0 Å². The van der Waals surface area contributed by atoms with Crippen LogP contribution in [0.25, 0.3) is 5.82 Å². The summed E-state index contributed by atoms with van der Waals surface area (Å²) < 4.78 is 1.84. The lowest BCUT2D eigenvalue weighted by Crippen LogP contribution is -2.07. The first-order chi connectivity index (χ1) is 8.56. The molecule has 2 rings (SSSR count). The van der Waals surface area contributed by atoms with Crippen LogP contribution in [0.5, 0.6) is 0 Å². The van der Waals surface area contributed by atoms with E-state index in [0.29, 0.717) is 0 Å². The SMILES string of the molecule is CCc1nn(-c2cc(C)nc(C)n2)c(CC)c1N. The second-order valence-corrected chi connectivity index (χ2v) is 4.34. The molecule has 96 valence electrons. The molecule has 0 aliphatic carbocycles. The zero-order chi connectivity index (χ0) is 13.3. The zero-order valence-electron chi connectivity index (χ0n) is 11.4. The van der Waals surface area contributed by atoms with Crippen molar-refractivity contribution in [3.8, 4) is 5.82 Å². The van der Waals surface area contributed by atoms with E-state index in [-0.39, 0.29) is 0 Å². The van der Waals surface area contributed by atoms with Gasteiger partial charge in [-0.1, -0.05) is 13.8 Å². The molecule has 2 aromatic rings. The predicted octanol–water partition coefficient (Wildman–Crippen LogP) is 1.99. The normalized spacial score (nSPS) is 10.9. The largest absolute Gasteiger partial charge is 0.396 e. The molecule has 0 aromatic carbocycles. The molecule has 0 aliphatic heterocycles. The Morgan fingerprint density at radius 3 is 2.44 bits per heavy atom. The third-order valence-electron chi connectivity index (χ3n) is 2.94. The van der Waals surface area contributed by atoms with Gasteiger partial charge in [0, 0.05) is 11.8 Å². The number of aromatic nitrogens is 4. The Labute approximate surface area is 107 Å². The summed E-state index contributed by atoms with van der Waals surface area (Å²) in [4.78, 5) is 8.72. The number of nitrogens with zero attached hydrogens (tertiary/aromatic N) is 4. The van der Waals surface area contributed by atoms with E-state index in [1.54, 1.807) is 0 Å². The van der Waals surface area contributed by atoms with Crippen LogP contribution in [0.3, 0.4) is 0 Å². The molecule has 0 bridgehead atoms. The Morgan fingerprint density at radius 2 is 1.89 bits per heavy atom. The number of anilines is 1. The molecule has 0 saturated heterocycles. The van der Waals surface area contributed by atoms with E-state index in [1.807, 2.05) is 24.6 Å². The summed E-state index contributed by atoms with van der Waals surface area (Å²) in [7, 11) is 0. The Kier molecular flexibility index (Phi) is 3.32. The van der Waals surface area contributed by atoms with Crippen LogP contribution in [0.1, 0.15) is 36.8 Å². The minimum absolute atomic E-state index is 0.749. The first kappa shape index (κ1) is 12.5. The molecular weight excluding hydrogens is 226 g/mol. The number of hydrogen-bond donors (Lipinski definition) is 1. The Hall–Kier alpha value is -1.91. The van der Waals surface area contributed by atoms with Gasteiger partial charge in [0.2, 0.25) is 0 Å². The fourth-order valence-corrected chi connectivity index (χ4v) is 2.11. The van der Waals surface area contributed by atoms with Crippen molar-refractivity contribution in [3.63, 3.8) is 0 Å². The van der Waals surface area contributed by atoms with Crippen molar-refractivity contribution in [1.82, 2.24) is 19.7 Å². The minimum Gasteiger partial charge on any atom is -0.396 e. The fourth-order valence-electron chi connectivity index (χ4n) is 2.11. The van der Waals surface area contributed by atoms with E-state index in [9.17, 15) is 0 Å². The van der Waals surface area contributed by atoms with Crippen LogP contribution >= 0.6 is 0 Å². The van der Waals surface area contributed by atoms with Crippen LogP contribution in [0, 0.1) is 13.8 Å². The summed E-state index contributed by atoms with van der Waals surface area (Å²) in [5.41, 5.74) is 9.78. The summed E-state index contributed by atoms with van der Waals surface area (Å²) in [5.74, 6) is 1.54. The number of nitrogens with two attached hydrogens (primary N) is 1. The quantitative estimate of drug-likeness (QED) is 0.897. The predicted molar refractivity (Wildman–Crippen MR) is 71.8 cm³/mol. The Morgan fingerprint density at radius 1 is 1.17 bits per heavy atom. The molecule has 2 heterocycles. The summed E-state index contributed by atoms with van der Waals surface area (Å²) in [6.45, 7) is 7.97. The molecule has 0 unspecified atom stereocenters. The molecule has 0 fully saturated rings. The van der Waals surface area contributed by atoms with Crippen molar-refractivity contribution in [2.75, 3.05) is 5.73 Å². The maximum atomic E-state index is 6.11. The number of hydrogen-bond acceptors (Lipinski definition) is 4. The lowest BCUT2D eigenvalue weighted by atomic mass is 10.2. The first-order valence-corrected chi connectivity index (χ1v) is 6.25. The highest BCUT2D eigenvalue weighted by Crippen LogP contribution is 2.21. The fraction of sp³-hybridized carbons (Fsp3) is 0.462. The topological polar surface area (TPSA) is 69.6 Å². The summed E-state index contributed by atoms with van der Waals surface area (Å²) in [5, 5.41) is 4.55. The monoisotopic (exact) mass is 245 g/mol. The molecule has 0 saturated carbocycles. The second-order valence-electron chi connectivity index (χ2n) is 4.34. The van der Waals surface area contributed by atoms with Crippen molar-refractivity contribution in [2.24, 2.45) is 0 Å². The van der Waals surface area contributed by atoms with Gasteiger partial charge < -0.3 is 5.73 Å². The van der Waals surface area contributed by atoms with E-state index < -0.39 is 0 Å². The van der Waals surface area contributed by atoms with Crippen LogP contribution < -0.4 is 5.73 Å². The lowest BCUT2D eigenvalue weighted by Gasteiger charge is -2.06. The lowest BCUT2D eigenvalue weighted by molar-refractivity contribution is 0.760. The van der Waals surface area contributed by atoms with Crippen LogP contribution in [0.15, 0.2) is 6.07 Å². The molecule has 0 aliphatic rings. The van der Waals surface area contributed by atoms with Crippen molar-refractivity contribution >= 4 is 5.69 Å². The van der Waals surface area contributed by atoms with E-state index in [2.05, 4.69) is 28.9 Å². The van der Waals surface area contributed by atoms with Crippen LogP contribution in [0.4, 0.5) is 5.69 Å². The van der Waals surface area contributed by atoms with E-state index in [1.165, 1.54) is 0 Å². The summed E-state index contributed by atoms with van der Waals surface area (Å²) in [6, 6.07) is 1.93. The van der Waals surface area contributed by atoms with E-state index in [0.717, 1.165) is 47.3 Å². The molecule has 2 N–H and O–H groups in total. The maximum absolute atomic E-state index is 6.11. The van der Waals surface area contributed by atoms with Crippen LogP contribution in [-0.4, -0.2) is 19.7 Å². The average molecular weight is 245 g/mol. The van der Waals surface area contributed by atoms with E-state index >= 15 is 0 Å². The van der Waals surface area contributed by atoms with Crippen LogP contribution in [0.2, 0.25) is 0 Å². The maximum Gasteiger partial charge on any atom is 0.157 e. The van der Waals surface area contributed by atoms with Gasteiger partial charge in [0.15, 0.2) is 5.82 Å². The number of nitrogen functional groups attached to an aromatic ring is 1. The van der Waals surface area contributed by atoms with Gasteiger partial charge in [0.05, 0.1) is 17.1 Å². The van der Waals surface area contributed by atoms with Gasteiger partial charge in [-0.3, -0.25) is 0 Å². The van der Waals surface area contributed by atoms with Gasteiger partial charge in [-0.15, -0.1) is 0 Å². The Balaban J connectivity index is 2.62. The molecule has 0 atom stereocenters. The third kappa shape index (κ3) is 2.08. The number of aryl methyl sites for hydroxylation is 3. The Bertz CT molecular complexity index is 551. The summed E-state index contributed by atoms with van der Waals surface area (Å²) in [6.07, 6.45) is 1.66. The molecule has 0 radical (unpaired) electrons. The van der Waals surface area contributed by atoms with Crippen molar-refractivity contribution in [3.05, 3.63) is 29.0 Å². The van der Waals surface area contributed by atoms with Gasteiger partial charge in [0.1, 0.15) is 5.82 Å². The molecule has 5 heteroatoms. The highest BCUT2D eigenvalue weighted by atomic mass is 15.3. The van der Waals surface area contributed by atoms with Crippen LogP contribution in [-0.2, 0) is 12.8 Å². The molecule has 2 aromatic heterocycles. The van der Waals surface area contributed by atoms with Gasteiger partial charge in [-0.05, 0) is 26.7 Å². The van der Waals surface area contributed by atoms with Gasteiger partial charge in [-0.25, -0.2) is 14.6 Å². The van der Waals surface area contributed by atoms with Crippen molar-refractivity contribution in [2.45, 2.75) is 40.5 Å². The average Bonchev–Trinajstić information content (AvgIpc) is 2.64. The molecule has 0 amide bonds. The first-order valence-electron chi connectivity index (χ1n) is 6.25. The third-order valence-corrected chi connectivity index (χ3v) is 2.94. The molecular formula is C13H19N5. The highest BCUT2D eigenvalue weighted by molar-refractivity contribution is 5.51. The zero-order valence-corrected chi connectivity index (χ0v) is 11.4. The van der Waals surface area contributed by atoms with Crippen molar-refractivity contribution in [1.29, 1.82) is 0 Å². The smallest absolute Gasteiger partial charge is 0.157 e. The molecule has 18 heavy (non-hydrogen) atoms. The minimum atomic E-state index is 0.749. The van der Waals surface area contributed by atoms with Gasteiger partial charge in [-0.2, -0.15) is 5.10 Å². The second kappa shape index (κ2) is 4.76. The summed E-state index contributed by atoms with van der Waals surface area (Å²) >= 11 is 0. The molecule has 5 nitrogen and oxygen atoms in total. The number of rotatable bonds is 3. The van der Waals surface area contributed by atoms with Gasteiger partial charge in [0.25, 0.3) is 0 Å². The van der Waals surface area contributed by atoms with E-state index in [4.69, 9.17) is 5.73 Å². The highest BCUT2D eigenvalue weighted by Gasteiger charge is 2.15. The van der Waals surface area contributed by atoms with Gasteiger partial charge >= 0.3 is 0 Å². The molecule has 0 spiro atoms.